The summed E-state index contributed by atoms with van der Waals surface area (Å²) >= 11 is 13.5. The van der Waals surface area contributed by atoms with Crippen molar-refractivity contribution in [1.82, 2.24) is 0 Å². The Morgan fingerprint density at radius 3 is 2.48 bits per heavy atom. The number of carbonyl (C=O) groups excluding carboxylic acids is 1. The number of hydrogen-bond acceptors (Lipinski definition) is 5. The van der Waals surface area contributed by atoms with Crippen LogP contribution < -0.4 is 10.4 Å². The zero-order chi connectivity index (χ0) is 21.0. The van der Waals surface area contributed by atoms with Crippen molar-refractivity contribution in [2.45, 2.75) is 6.92 Å². The fourth-order valence-electron chi connectivity index (χ4n) is 2.69. The third-order valence-electron chi connectivity index (χ3n) is 3.97. The van der Waals surface area contributed by atoms with Gasteiger partial charge in [-0.05, 0) is 36.8 Å². The number of rotatable bonds is 7. The van der Waals surface area contributed by atoms with Gasteiger partial charge in [0, 0.05) is 9.90 Å². The lowest BCUT2D eigenvalue weighted by atomic mass is 10.2. The molecule has 0 spiro atoms. The molecule has 3 rings (SSSR count). The Morgan fingerprint density at radius 1 is 1.14 bits per heavy atom. The third kappa shape index (κ3) is 4.85. The van der Waals surface area contributed by atoms with Crippen LogP contribution in [0.2, 0.25) is 10.0 Å². The van der Waals surface area contributed by atoms with Crippen molar-refractivity contribution in [2.24, 2.45) is 0 Å². The molecule has 9 heteroatoms. The zero-order valence-electron chi connectivity index (χ0n) is 15.6. The number of halogens is 2. The predicted molar refractivity (Wildman–Crippen MR) is 120 cm³/mol. The topological polar surface area (TPSA) is 64.6 Å². The summed E-state index contributed by atoms with van der Waals surface area (Å²) in [4.78, 5) is 13.5. The number of carbonyl (C=O) groups is 1. The average molecular weight is 470 g/mol. The fourth-order valence-corrected chi connectivity index (χ4v) is 6.34. The maximum atomic E-state index is 13.7. The Morgan fingerprint density at radius 2 is 1.86 bits per heavy atom. The first-order chi connectivity index (χ1) is 13.9. The number of thiophene rings is 1. The van der Waals surface area contributed by atoms with Crippen molar-refractivity contribution in [1.29, 1.82) is 0 Å². The maximum Gasteiger partial charge on any atom is 0.350 e. The minimum absolute atomic E-state index is 0.173. The molecule has 0 radical (unpaired) electrons. The van der Waals surface area contributed by atoms with Crippen LogP contribution in [0.25, 0.3) is 10.4 Å². The van der Waals surface area contributed by atoms with Gasteiger partial charge in [-0.25, -0.2) is 4.79 Å². The van der Waals surface area contributed by atoms with Crippen molar-refractivity contribution >= 4 is 59.0 Å². The van der Waals surface area contributed by atoms with Crippen molar-refractivity contribution in [3.8, 4) is 10.4 Å². The zero-order valence-corrected chi connectivity index (χ0v) is 18.9. The number of methoxy groups -OCH3 is 1. The van der Waals surface area contributed by atoms with Crippen LogP contribution in [0, 0.1) is 0 Å². The van der Waals surface area contributed by atoms with Crippen LogP contribution in [-0.2, 0) is 13.8 Å². The molecule has 0 amide bonds. The maximum absolute atomic E-state index is 13.7. The molecule has 1 N–H and O–H groups in total. The molecule has 0 aliphatic rings. The predicted octanol–water partition coefficient (Wildman–Crippen LogP) is 6.48. The van der Waals surface area contributed by atoms with Crippen molar-refractivity contribution in [3.63, 3.8) is 0 Å². The molecule has 2 aromatic carbocycles. The normalized spacial score (nSPS) is 13.0. The van der Waals surface area contributed by atoms with E-state index in [0.29, 0.717) is 10.7 Å². The van der Waals surface area contributed by atoms with Crippen LogP contribution in [0.4, 0.5) is 5.69 Å². The number of nitrogens with one attached hydrogen (secondary N) is 1. The molecular formula is C20H18Cl2NO4PS. The summed E-state index contributed by atoms with van der Waals surface area (Å²) in [5.74, 6) is -0.537. The van der Waals surface area contributed by atoms with Gasteiger partial charge in [0.05, 0.1) is 29.7 Å². The molecule has 0 aliphatic heterocycles. The van der Waals surface area contributed by atoms with E-state index in [4.69, 9.17) is 32.5 Å². The van der Waals surface area contributed by atoms with E-state index in [9.17, 15) is 9.36 Å². The minimum atomic E-state index is -3.65. The van der Waals surface area contributed by atoms with Gasteiger partial charge in [0.2, 0.25) is 0 Å². The Balaban J connectivity index is 2.09. The van der Waals surface area contributed by atoms with Crippen molar-refractivity contribution < 1.29 is 18.6 Å². The average Bonchev–Trinajstić information content (AvgIpc) is 3.11. The smallest absolute Gasteiger partial charge is 0.350 e. The van der Waals surface area contributed by atoms with Gasteiger partial charge < -0.3 is 14.3 Å². The molecule has 1 aromatic heterocycles. The standard InChI is InChI=1S/C20H18Cl2NO4PS/c1-3-27-28(25,17-10-9-14(21)11-15(17)22)23-16-12-18(13-7-5-4-6-8-13)29-19(16)20(24)26-2/h4-12H,3H2,1-2H3,(H,23,25). The van der Waals surface area contributed by atoms with E-state index in [1.807, 2.05) is 30.3 Å². The van der Waals surface area contributed by atoms with Crippen LogP contribution in [0.3, 0.4) is 0 Å². The number of esters is 1. The van der Waals surface area contributed by atoms with Gasteiger partial charge in [0.25, 0.3) is 0 Å². The fraction of sp³-hybridized carbons (Fsp3) is 0.150. The highest BCUT2D eigenvalue weighted by molar-refractivity contribution is 7.68. The van der Waals surface area contributed by atoms with E-state index >= 15 is 0 Å². The molecule has 1 unspecified atom stereocenters. The lowest BCUT2D eigenvalue weighted by Crippen LogP contribution is -2.16. The quantitative estimate of drug-likeness (QED) is 0.317. The summed E-state index contributed by atoms with van der Waals surface area (Å²) in [7, 11) is -2.35. The van der Waals surface area contributed by atoms with E-state index in [2.05, 4.69) is 5.09 Å². The van der Waals surface area contributed by atoms with Crippen LogP contribution in [0.15, 0.2) is 54.6 Å². The molecule has 1 heterocycles. The highest BCUT2D eigenvalue weighted by Gasteiger charge is 2.31. The van der Waals surface area contributed by atoms with Gasteiger partial charge in [-0.2, -0.15) is 0 Å². The number of hydrogen-bond donors (Lipinski definition) is 1. The summed E-state index contributed by atoms with van der Waals surface area (Å²) in [5.41, 5.74) is 1.27. The second-order valence-electron chi connectivity index (χ2n) is 5.89. The van der Waals surface area contributed by atoms with Crippen LogP contribution in [0.5, 0.6) is 0 Å². The van der Waals surface area contributed by atoms with Gasteiger partial charge in [-0.1, -0.05) is 53.5 Å². The van der Waals surface area contributed by atoms with E-state index in [1.165, 1.54) is 24.5 Å². The van der Waals surface area contributed by atoms with Crippen molar-refractivity contribution in [3.05, 3.63) is 69.5 Å². The SMILES string of the molecule is CCOP(=O)(Nc1cc(-c2ccccc2)sc1C(=O)OC)c1ccc(Cl)cc1Cl. The second-order valence-corrected chi connectivity index (χ2v) is 9.85. The Labute approximate surface area is 183 Å². The molecule has 5 nitrogen and oxygen atoms in total. The Bertz CT molecular complexity index is 1070. The largest absolute Gasteiger partial charge is 0.465 e. The minimum Gasteiger partial charge on any atom is -0.465 e. The van der Waals surface area contributed by atoms with Crippen LogP contribution >= 0.6 is 42.1 Å². The molecule has 3 aromatic rings. The molecule has 0 saturated carbocycles. The molecular weight excluding hydrogens is 452 g/mol. The number of benzene rings is 2. The number of ether oxygens (including phenoxy) is 1. The highest BCUT2D eigenvalue weighted by atomic mass is 35.5. The Kier molecular flexibility index (Phi) is 7.04. The monoisotopic (exact) mass is 469 g/mol. The first kappa shape index (κ1) is 21.9. The van der Waals surface area contributed by atoms with Crippen LogP contribution in [-0.4, -0.2) is 19.7 Å². The summed E-state index contributed by atoms with van der Waals surface area (Å²) < 4.78 is 24.2. The van der Waals surface area contributed by atoms with E-state index < -0.39 is 13.5 Å². The lowest BCUT2D eigenvalue weighted by molar-refractivity contribution is 0.0607. The van der Waals surface area contributed by atoms with E-state index in [0.717, 1.165) is 10.4 Å². The molecule has 152 valence electrons. The Hall–Kier alpha value is -1.82. The molecule has 0 aliphatic carbocycles. The van der Waals surface area contributed by atoms with Gasteiger partial charge in [0.15, 0.2) is 0 Å². The van der Waals surface area contributed by atoms with E-state index in [1.54, 1.807) is 25.1 Å². The van der Waals surface area contributed by atoms with Gasteiger partial charge >= 0.3 is 13.5 Å². The highest BCUT2D eigenvalue weighted by Crippen LogP contribution is 2.50. The third-order valence-corrected chi connectivity index (χ3v) is 7.99. The van der Waals surface area contributed by atoms with E-state index in [-0.39, 0.29) is 21.8 Å². The first-order valence-corrected chi connectivity index (χ1v) is 11.8. The summed E-state index contributed by atoms with van der Waals surface area (Å²) in [5, 5.41) is 3.82. The van der Waals surface area contributed by atoms with Gasteiger partial charge in [-0.15, -0.1) is 11.3 Å². The number of anilines is 1. The lowest BCUT2D eigenvalue weighted by Gasteiger charge is -2.21. The molecule has 1 atom stereocenters. The van der Waals surface area contributed by atoms with Gasteiger partial charge in [-0.3, -0.25) is 4.57 Å². The summed E-state index contributed by atoms with van der Waals surface area (Å²) in [6.07, 6.45) is 0. The van der Waals surface area contributed by atoms with Crippen molar-refractivity contribution in [2.75, 3.05) is 18.8 Å². The summed E-state index contributed by atoms with van der Waals surface area (Å²) in [6, 6.07) is 15.9. The van der Waals surface area contributed by atoms with Gasteiger partial charge in [0.1, 0.15) is 4.88 Å². The second kappa shape index (κ2) is 9.33. The summed E-state index contributed by atoms with van der Waals surface area (Å²) in [6.45, 7) is 1.90. The molecule has 0 saturated heterocycles. The first-order valence-electron chi connectivity index (χ1n) is 8.64. The molecule has 0 fully saturated rings. The molecule has 0 bridgehead atoms. The molecule has 29 heavy (non-hydrogen) atoms. The van der Waals surface area contributed by atoms with Crippen LogP contribution in [0.1, 0.15) is 16.6 Å².